The largest absolute Gasteiger partial charge is 0.374 e. The summed E-state index contributed by atoms with van der Waals surface area (Å²) in [4.78, 5) is 44.3. The minimum atomic E-state index is -1.19. The zero-order valence-corrected chi connectivity index (χ0v) is 23.9. The van der Waals surface area contributed by atoms with Crippen LogP contribution in [0.25, 0.3) is 0 Å². The van der Waals surface area contributed by atoms with Gasteiger partial charge in [-0.2, -0.15) is 0 Å². The van der Waals surface area contributed by atoms with E-state index < -0.39 is 22.9 Å². The number of benzene rings is 2. The third-order valence-corrected chi connectivity index (χ3v) is 8.05. The number of nitrogens with two attached hydrogens (primary N) is 1. The van der Waals surface area contributed by atoms with Gasteiger partial charge in [-0.3, -0.25) is 14.4 Å². The quantitative estimate of drug-likeness (QED) is 0.497. The van der Waals surface area contributed by atoms with Crippen molar-refractivity contribution < 1.29 is 23.5 Å². The highest BCUT2D eigenvalue weighted by molar-refractivity contribution is 5.93. The molecule has 4 rings (SSSR count). The van der Waals surface area contributed by atoms with Gasteiger partial charge in [0.2, 0.25) is 17.7 Å². The molecule has 1 spiro atoms. The van der Waals surface area contributed by atoms with E-state index in [1.807, 2.05) is 49.1 Å². The molecular weight excluding hydrogens is 511 g/mol. The van der Waals surface area contributed by atoms with E-state index in [0.29, 0.717) is 25.9 Å². The Morgan fingerprint density at radius 2 is 1.82 bits per heavy atom. The van der Waals surface area contributed by atoms with E-state index in [4.69, 9.17) is 10.5 Å². The summed E-state index contributed by atoms with van der Waals surface area (Å²) in [5.41, 5.74) is 5.83. The number of piperidine rings is 1. The number of nitrogens with zero attached hydrogens (tertiary/aromatic N) is 2. The summed E-state index contributed by atoms with van der Waals surface area (Å²) in [6.07, 6.45) is 1.26. The summed E-state index contributed by atoms with van der Waals surface area (Å²) in [5.74, 6) is -1.28. The van der Waals surface area contributed by atoms with Gasteiger partial charge >= 0.3 is 0 Å². The molecule has 3 N–H and O–H groups in total. The van der Waals surface area contributed by atoms with Gasteiger partial charge in [0.05, 0.1) is 24.2 Å². The minimum absolute atomic E-state index is 0.00823. The summed E-state index contributed by atoms with van der Waals surface area (Å²) < 4.78 is 19.6. The van der Waals surface area contributed by atoms with Crippen molar-refractivity contribution in [3.05, 3.63) is 71.5 Å². The molecule has 2 aromatic rings. The Hall–Kier alpha value is -3.30. The molecular formula is C31H41FN4O4. The SMILES string of the molecule is CC(C)N1CC(c2ccc(F)cc2)C2(CCCN(C(=O)[C@@H](COCc3ccccc3)NC(=O)C(C)(C)N)C2)C1=O. The summed E-state index contributed by atoms with van der Waals surface area (Å²) in [6.45, 7) is 8.55. The number of hydrogen-bond donors (Lipinski definition) is 2. The monoisotopic (exact) mass is 552 g/mol. The third-order valence-electron chi connectivity index (χ3n) is 8.05. The highest BCUT2D eigenvalue weighted by atomic mass is 19.1. The molecule has 2 heterocycles. The standard InChI is InChI=1S/C31H41FN4O4/c1-21(2)36-17-25(23-11-13-24(32)14-12-23)31(29(36)39)15-8-16-35(20-31)27(37)26(34-28(38)30(3,4)33)19-40-18-22-9-6-5-7-10-22/h5-7,9-14,21,25-26H,8,15-20,33H2,1-4H3,(H,34,38)/t25?,26-,31?/m1/s1. The fourth-order valence-corrected chi connectivity index (χ4v) is 5.79. The summed E-state index contributed by atoms with van der Waals surface area (Å²) in [6, 6.07) is 14.9. The van der Waals surface area contributed by atoms with E-state index >= 15 is 0 Å². The van der Waals surface area contributed by atoms with Crippen LogP contribution in [-0.2, 0) is 25.7 Å². The van der Waals surface area contributed by atoms with E-state index in [9.17, 15) is 18.8 Å². The lowest BCUT2D eigenvalue weighted by Gasteiger charge is -2.43. The molecule has 9 heteroatoms. The van der Waals surface area contributed by atoms with Crippen molar-refractivity contribution in [3.63, 3.8) is 0 Å². The van der Waals surface area contributed by atoms with Gasteiger partial charge in [-0.1, -0.05) is 42.5 Å². The highest BCUT2D eigenvalue weighted by Crippen LogP contribution is 2.50. The van der Waals surface area contributed by atoms with Gasteiger partial charge in [-0.25, -0.2) is 4.39 Å². The van der Waals surface area contributed by atoms with Crippen molar-refractivity contribution in [2.45, 2.75) is 70.7 Å². The van der Waals surface area contributed by atoms with Crippen molar-refractivity contribution in [1.82, 2.24) is 15.1 Å². The smallest absolute Gasteiger partial charge is 0.247 e. The van der Waals surface area contributed by atoms with Crippen molar-refractivity contribution in [2.75, 3.05) is 26.2 Å². The van der Waals surface area contributed by atoms with Crippen LogP contribution in [-0.4, -0.2) is 71.4 Å². The zero-order chi connectivity index (χ0) is 29.1. The Labute approximate surface area is 236 Å². The molecule has 2 aromatic carbocycles. The topological polar surface area (TPSA) is 105 Å². The number of halogens is 1. The predicted octanol–water partition coefficient (Wildman–Crippen LogP) is 3.21. The van der Waals surface area contributed by atoms with Gasteiger partial charge in [0.1, 0.15) is 11.9 Å². The molecule has 0 radical (unpaired) electrons. The van der Waals surface area contributed by atoms with Gasteiger partial charge in [0.15, 0.2) is 0 Å². The van der Waals surface area contributed by atoms with Crippen LogP contribution >= 0.6 is 0 Å². The average molecular weight is 553 g/mol. The van der Waals surface area contributed by atoms with Crippen LogP contribution in [0, 0.1) is 11.2 Å². The number of ether oxygens (including phenoxy) is 1. The first-order chi connectivity index (χ1) is 18.9. The molecule has 2 saturated heterocycles. The maximum atomic E-state index is 14.0. The number of carbonyl (C=O) groups excluding carboxylic acids is 3. The number of rotatable bonds is 9. The van der Waals surface area contributed by atoms with Crippen molar-refractivity contribution in [1.29, 1.82) is 0 Å². The van der Waals surface area contributed by atoms with Crippen LogP contribution in [0.3, 0.4) is 0 Å². The fourth-order valence-electron chi connectivity index (χ4n) is 5.79. The maximum absolute atomic E-state index is 14.0. The minimum Gasteiger partial charge on any atom is -0.374 e. The van der Waals surface area contributed by atoms with Crippen molar-refractivity contribution in [2.24, 2.45) is 11.1 Å². The first-order valence-corrected chi connectivity index (χ1v) is 14.0. The van der Waals surface area contributed by atoms with Gasteiger partial charge < -0.3 is 25.6 Å². The van der Waals surface area contributed by atoms with Gasteiger partial charge in [-0.15, -0.1) is 0 Å². The molecule has 0 aromatic heterocycles. The molecule has 0 bridgehead atoms. The summed E-state index contributed by atoms with van der Waals surface area (Å²) in [7, 11) is 0. The lowest BCUT2D eigenvalue weighted by atomic mass is 9.69. The normalized spacial score (nSPS) is 22.2. The molecule has 2 aliphatic rings. The Morgan fingerprint density at radius 1 is 1.15 bits per heavy atom. The number of carbonyl (C=O) groups is 3. The van der Waals surface area contributed by atoms with Gasteiger partial charge in [-0.05, 0) is 63.8 Å². The van der Waals surface area contributed by atoms with Crippen LogP contribution in [0.4, 0.5) is 4.39 Å². The Morgan fingerprint density at radius 3 is 2.45 bits per heavy atom. The Bertz CT molecular complexity index is 1200. The number of hydrogen-bond acceptors (Lipinski definition) is 5. The van der Waals surface area contributed by atoms with E-state index in [0.717, 1.165) is 11.1 Å². The van der Waals surface area contributed by atoms with Crippen LogP contribution in [0.2, 0.25) is 0 Å². The fraction of sp³-hybridized carbons (Fsp3) is 0.516. The lowest BCUT2D eigenvalue weighted by molar-refractivity contribution is -0.148. The first kappa shape index (κ1) is 29.7. The molecule has 3 atom stereocenters. The van der Waals surface area contributed by atoms with E-state index in [2.05, 4.69) is 5.32 Å². The van der Waals surface area contributed by atoms with Crippen molar-refractivity contribution >= 4 is 17.7 Å². The first-order valence-electron chi connectivity index (χ1n) is 14.0. The average Bonchev–Trinajstić information content (AvgIpc) is 3.19. The summed E-state index contributed by atoms with van der Waals surface area (Å²) >= 11 is 0. The van der Waals surface area contributed by atoms with Gasteiger partial charge in [0, 0.05) is 31.6 Å². The van der Waals surface area contributed by atoms with E-state index in [1.54, 1.807) is 30.9 Å². The highest BCUT2D eigenvalue weighted by Gasteiger charge is 2.57. The van der Waals surface area contributed by atoms with Crippen molar-refractivity contribution in [3.8, 4) is 0 Å². The number of likely N-dealkylation sites (tertiary alicyclic amines) is 2. The maximum Gasteiger partial charge on any atom is 0.247 e. The Kier molecular flexibility index (Phi) is 8.95. The second-order valence-electron chi connectivity index (χ2n) is 11.9. The van der Waals surface area contributed by atoms with Gasteiger partial charge in [0.25, 0.3) is 0 Å². The second kappa shape index (κ2) is 12.1. The number of amides is 3. The lowest BCUT2D eigenvalue weighted by Crippen LogP contribution is -2.60. The van der Waals surface area contributed by atoms with Crippen LogP contribution in [0.15, 0.2) is 54.6 Å². The molecule has 2 unspecified atom stereocenters. The van der Waals surface area contributed by atoms with Crippen LogP contribution in [0.5, 0.6) is 0 Å². The van der Waals surface area contributed by atoms with Crippen LogP contribution in [0.1, 0.15) is 57.6 Å². The molecule has 3 amide bonds. The van der Waals surface area contributed by atoms with Crippen LogP contribution < -0.4 is 11.1 Å². The predicted molar refractivity (Wildman–Crippen MR) is 151 cm³/mol. The molecule has 0 saturated carbocycles. The molecule has 8 nitrogen and oxygen atoms in total. The summed E-state index contributed by atoms with van der Waals surface area (Å²) in [5, 5.41) is 2.79. The second-order valence-corrected chi connectivity index (χ2v) is 11.9. The molecule has 216 valence electrons. The third kappa shape index (κ3) is 6.36. The molecule has 0 aliphatic carbocycles. The zero-order valence-electron chi connectivity index (χ0n) is 23.9. The van der Waals surface area contributed by atoms with E-state index in [1.165, 1.54) is 12.1 Å². The number of nitrogens with one attached hydrogen (secondary N) is 1. The van der Waals surface area contributed by atoms with E-state index in [-0.39, 0.29) is 49.3 Å². The Balaban J connectivity index is 1.58. The molecule has 2 fully saturated rings. The molecule has 40 heavy (non-hydrogen) atoms. The molecule has 2 aliphatic heterocycles.